The molecule has 2 N–H and O–H groups in total. The molecule has 0 aliphatic heterocycles. The number of carboxylic acids is 1. The Kier molecular flexibility index (Phi) is 3.84. The first kappa shape index (κ1) is 17.1. The van der Waals surface area contributed by atoms with Crippen LogP contribution in [0.3, 0.4) is 0 Å². The van der Waals surface area contributed by atoms with Gasteiger partial charge < -0.3 is 10.1 Å². The largest absolute Gasteiger partial charge is 0.480 e. The van der Waals surface area contributed by atoms with E-state index in [9.17, 15) is 9.90 Å². The maximum Gasteiger partial charge on any atom is 0.320 e. The number of carbonyl (C=O) groups is 1. The normalized spacial score (nSPS) is 16.0. The fraction of sp³-hybridized carbons (Fsp3) is 0.350. The second kappa shape index (κ2) is 5.84. The summed E-state index contributed by atoms with van der Waals surface area (Å²) in [5.74, 6) is -0.715. The number of aliphatic carboxylic acids is 1. The highest BCUT2D eigenvalue weighted by atomic mass is 32.2. The summed E-state index contributed by atoms with van der Waals surface area (Å²) in [7, 11) is 0. The van der Waals surface area contributed by atoms with E-state index in [4.69, 9.17) is 0 Å². The molecule has 1 aliphatic carbocycles. The van der Waals surface area contributed by atoms with Crippen LogP contribution in [0.1, 0.15) is 39.3 Å². The topological polar surface area (TPSA) is 78.9 Å². The van der Waals surface area contributed by atoms with E-state index in [1.165, 1.54) is 11.8 Å². The highest BCUT2D eigenvalue weighted by molar-refractivity contribution is 8.01. The zero-order chi connectivity index (χ0) is 18.5. The van der Waals surface area contributed by atoms with Crippen LogP contribution in [-0.4, -0.2) is 30.8 Å². The number of hydrogen-bond acceptors (Lipinski definition) is 4. The Hall–Kier alpha value is -2.34. The number of nitrogens with one attached hydrogen (secondary N) is 1. The molecule has 0 amide bonds. The van der Waals surface area contributed by atoms with Crippen molar-refractivity contribution in [2.45, 2.75) is 48.7 Å². The van der Waals surface area contributed by atoms with Crippen LogP contribution in [0.4, 0.5) is 0 Å². The molecular weight excluding hydrogens is 346 g/mol. The molecule has 2 aromatic heterocycles. The van der Waals surface area contributed by atoms with Gasteiger partial charge in [0.2, 0.25) is 0 Å². The monoisotopic (exact) mass is 367 g/mol. The molecule has 1 aliphatic rings. The van der Waals surface area contributed by atoms with Gasteiger partial charge in [-0.3, -0.25) is 4.79 Å². The first-order valence-corrected chi connectivity index (χ1v) is 9.47. The SMILES string of the molecule is CC(C)(C)c1cc(-c2cc3cc(SC4(C(=O)O)CC4)ccc3[nH]2)ncn1. The van der Waals surface area contributed by atoms with Crippen molar-refractivity contribution in [1.82, 2.24) is 15.0 Å². The van der Waals surface area contributed by atoms with Crippen molar-refractivity contribution >= 4 is 28.6 Å². The zero-order valence-electron chi connectivity index (χ0n) is 15.0. The van der Waals surface area contributed by atoms with Gasteiger partial charge in [0.15, 0.2) is 0 Å². The van der Waals surface area contributed by atoms with Crippen LogP contribution in [0.2, 0.25) is 0 Å². The molecule has 26 heavy (non-hydrogen) atoms. The van der Waals surface area contributed by atoms with Gasteiger partial charge in [0.05, 0.1) is 11.4 Å². The van der Waals surface area contributed by atoms with Crippen LogP contribution in [-0.2, 0) is 10.2 Å². The van der Waals surface area contributed by atoms with Gasteiger partial charge in [-0.15, -0.1) is 11.8 Å². The Morgan fingerprint density at radius 2 is 1.96 bits per heavy atom. The van der Waals surface area contributed by atoms with E-state index in [-0.39, 0.29) is 5.41 Å². The molecule has 6 heteroatoms. The Bertz CT molecular complexity index is 1000. The van der Waals surface area contributed by atoms with Crippen molar-refractivity contribution in [3.05, 3.63) is 42.4 Å². The maximum atomic E-state index is 11.4. The summed E-state index contributed by atoms with van der Waals surface area (Å²) in [5, 5.41) is 10.4. The molecule has 1 aromatic carbocycles. The summed E-state index contributed by atoms with van der Waals surface area (Å²) >= 11 is 1.45. The Morgan fingerprint density at radius 1 is 1.19 bits per heavy atom. The van der Waals surface area contributed by atoms with Gasteiger partial charge in [0, 0.05) is 26.9 Å². The molecule has 0 saturated heterocycles. The molecule has 134 valence electrons. The van der Waals surface area contributed by atoms with E-state index in [0.717, 1.165) is 45.7 Å². The number of fused-ring (bicyclic) bond motifs is 1. The fourth-order valence-corrected chi connectivity index (χ4v) is 4.09. The van der Waals surface area contributed by atoms with Gasteiger partial charge in [0.1, 0.15) is 11.1 Å². The predicted molar refractivity (Wildman–Crippen MR) is 103 cm³/mol. The first-order valence-electron chi connectivity index (χ1n) is 8.65. The smallest absolute Gasteiger partial charge is 0.320 e. The predicted octanol–water partition coefficient (Wildman–Crippen LogP) is 4.63. The molecular formula is C20H21N3O2S. The first-order chi connectivity index (χ1) is 12.3. The van der Waals surface area contributed by atoms with Gasteiger partial charge in [-0.25, -0.2) is 9.97 Å². The number of thioether (sulfide) groups is 1. The quantitative estimate of drug-likeness (QED) is 0.703. The molecule has 0 atom stereocenters. The van der Waals surface area contributed by atoms with Gasteiger partial charge >= 0.3 is 5.97 Å². The maximum absolute atomic E-state index is 11.4. The zero-order valence-corrected chi connectivity index (χ0v) is 15.9. The Labute approximate surface area is 156 Å². The highest BCUT2D eigenvalue weighted by Crippen LogP contribution is 2.52. The van der Waals surface area contributed by atoms with E-state index in [1.54, 1.807) is 6.33 Å². The minimum absolute atomic E-state index is 0.0388. The average Bonchev–Trinajstić information content (AvgIpc) is 3.25. The third kappa shape index (κ3) is 3.09. The third-order valence-electron chi connectivity index (χ3n) is 4.71. The van der Waals surface area contributed by atoms with E-state index < -0.39 is 10.7 Å². The highest BCUT2D eigenvalue weighted by Gasteiger charge is 2.51. The van der Waals surface area contributed by atoms with E-state index in [2.05, 4.69) is 47.9 Å². The van der Waals surface area contributed by atoms with Crippen molar-refractivity contribution in [2.24, 2.45) is 0 Å². The van der Waals surface area contributed by atoms with E-state index >= 15 is 0 Å². The van der Waals surface area contributed by atoms with Gasteiger partial charge in [-0.05, 0) is 43.2 Å². The molecule has 0 bridgehead atoms. The standard InChI is InChI=1S/C20H21N3O2S/c1-19(2,3)17-10-15(21-11-22-17)16-9-12-8-13(4-5-14(12)23-16)26-20(6-7-20)18(24)25/h4-5,8-11,23H,6-7H2,1-3H3,(H,24,25). The summed E-state index contributed by atoms with van der Waals surface area (Å²) < 4.78 is -0.624. The number of rotatable bonds is 4. The van der Waals surface area contributed by atoms with Crippen LogP contribution in [0.15, 0.2) is 41.6 Å². The molecule has 1 saturated carbocycles. The minimum Gasteiger partial charge on any atom is -0.480 e. The van der Waals surface area contributed by atoms with E-state index in [0.29, 0.717) is 0 Å². The van der Waals surface area contributed by atoms with Crippen LogP contribution in [0.5, 0.6) is 0 Å². The summed E-state index contributed by atoms with van der Waals surface area (Å²) in [4.78, 5) is 24.6. The summed E-state index contributed by atoms with van der Waals surface area (Å²) in [5.41, 5.74) is 3.77. The van der Waals surface area contributed by atoms with Crippen LogP contribution < -0.4 is 0 Å². The molecule has 5 nitrogen and oxygen atoms in total. The van der Waals surface area contributed by atoms with E-state index in [1.807, 2.05) is 18.2 Å². The number of aromatic nitrogens is 3. The molecule has 3 aromatic rings. The minimum atomic E-state index is -0.715. The number of carboxylic acid groups (broad SMARTS) is 1. The average molecular weight is 367 g/mol. The lowest BCUT2D eigenvalue weighted by molar-refractivity contribution is -0.137. The number of H-pyrrole nitrogens is 1. The lowest BCUT2D eigenvalue weighted by atomic mass is 9.91. The van der Waals surface area contributed by atoms with Crippen LogP contribution >= 0.6 is 11.8 Å². The van der Waals surface area contributed by atoms with Gasteiger partial charge in [0.25, 0.3) is 0 Å². The molecule has 1 fully saturated rings. The lowest BCUT2D eigenvalue weighted by Crippen LogP contribution is -2.16. The Balaban J connectivity index is 1.67. The van der Waals surface area contributed by atoms with Gasteiger partial charge in [-0.2, -0.15) is 0 Å². The van der Waals surface area contributed by atoms with Crippen molar-refractivity contribution in [3.63, 3.8) is 0 Å². The van der Waals surface area contributed by atoms with Crippen molar-refractivity contribution in [1.29, 1.82) is 0 Å². The lowest BCUT2D eigenvalue weighted by Gasteiger charge is -2.17. The molecule has 2 heterocycles. The summed E-state index contributed by atoms with van der Waals surface area (Å²) in [6, 6.07) is 10.1. The van der Waals surface area contributed by atoms with Crippen molar-refractivity contribution in [2.75, 3.05) is 0 Å². The molecule has 4 rings (SSSR count). The van der Waals surface area contributed by atoms with Crippen LogP contribution in [0.25, 0.3) is 22.3 Å². The molecule has 0 spiro atoms. The third-order valence-corrected chi connectivity index (χ3v) is 6.17. The fourth-order valence-electron chi connectivity index (χ4n) is 2.93. The second-order valence-electron chi connectivity index (χ2n) is 7.87. The second-order valence-corrected chi connectivity index (χ2v) is 9.33. The number of nitrogens with zero attached hydrogens (tertiary/aromatic N) is 2. The Morgan fingerprint density at radius 3 is 2.62 bits per heavy atom. The van der Waals surface area contributed by atoms with Crippen molar-refractivity contribution in [3.8, 4) is 11.4 Å². The van der Waals surface area contributed by atoms with Crippen molar-refractivity contribution < 1.29 is 9.90 Å². The molecule has 0 unspecified atom stereocenters. The number of benzene rings is 1. The number of aromatic amines is 1. The molecule has 0 radical (unpaired) electrons. The number of hydrogen-bond donors (Lipinski definition) is 2. The summed E-state index contributed by atoms with van der Waals surface area (Å²) in [6.45, 7) is 6.39. The summed E-state index contributed by atoms with van der Waals surface area (Å²) in [6.07, 6.45) is 3.08. The van der Waals surface area contributed by atoms with Crippen LogP contribution in [0, 0.1) is 0 Å². The van der Waals surface area contributed by atoms with Gasteiger partial charge in [-0.1, -0.05) is 20.8 Å².